The molecule has 5 nitrogen and oxygen atoms in total. The molecule has 2 unspecified atom stereocenters. The third-order valence-corrected chi connectivity index (χ3v) is 6.67. The third-order valence-electron chi connectivity index (χ3n) is 6.67. The molecular weight excluding hydrogens is 412 g/mol. The van der Waals surface area contributed by atoms with Crippen LogP contribution in [0.1, 0.15) is 43.6 Å². The number of carbonyl (C=O) groups excluding carboxylic acids is 1. The van der Waals surface area contributed by atoms with Crippen molar-refractivity contribution in [1.29, 1.82) is 0 Å². The molecule has 1 aromatic carbocycles. The van der Waals surface area contributed by atoms with Crippen molar-refractivity contribution in [2.75, 3.05) is 19.7 Å². The van der Waals surface area contributed by atoms with E-state index in [0.29, 0.717) is 30.7 Å². The predicted molar refractivity (Wildman–Crippen MR) is 130 cm³/mol. The van der Waals surface area contributed by atoms with E-state index in [1.807, 2.05) is 44.2 Å². The van der Waals surface area contributed by atoms with Gasteiger partial charge in [0.15, 0.2) is 5.42 Å². The number of esters is 1. The van der Waals surface area contributed by atoms with Crippen LogP contribution in [0.25, 0.3) is 34.2 Å². The lowest BCUT2D eigenvalue weighted by molar-refractivity contribution is 0.0527. The number of nitrogens with zero attached hydrogens (tertiary/aromatic N) is 2. The lowest BCUT2D eigenvalue weighted by Crippen LogP contribution is -2.34. The van der Waals surface area contributed by atoms with Gasteiger partial charge in [0.05, 0.1) is 29.3 Å². The third kappa shape index (κ3) is 3.38. The molecule has 1 saturated heterocycles. The number of carbonyl (C=O) groups is 1. The summed E-state index contributed by atoms with van der Waals surface area (Å²) in [5.74, 6) is 0.850. The first kappa shape index (κ1) is 21.5. The van der Waals surface area contributed by atoms with E-state index in [-0.39, 0.29) is 5.97 Å². The van der Waals surface area contributed by atoms with Gasteiger partial charge in [-0.1, -0.05) is 31.2 Å². The maximum atomic E-state index is 12.9. The number of benzene rings is 2. The Morgan fingerprint density at radius 2 is 1.94 bits per heavy atom. The summed E-state index contributed by atoms with van der Waals surface area (Å²) in [7, 11) is 0. The molecule has 5 rings (SSSR count). The Balaban J connectivity index is 1.94. The highest BCUT2D eigenvalue weighted by molar-refractivity contribution is 6.00. The lowest BCUT2D eigenvalue weighted by atomic mass is 9.88. The molecule has 0 bridgehead atoms. The monoisotopic (exact) mass is 442 g/mol. The van der Waals surface area contributed by atoms with Crippen molar-refractivity contribution in [3.63, 3.8) is 0 Å². The summed E-state index contributed by atoms with van der Waals surface area (Å²) < 4.78 is 12.0. The normalized spacial score (nSPS) is 19.2. The number of fused-ring (bicyclic) bond motifs is 3. The van der Waals surface area contributed by atoms with Crippen molar-refractivity contribution in [1.82, 2.24) is 4.90 Å². The van der Waals surface area contributed by atoms with Crippen LogP contribution in [0.15, 0.2) is 45.8 Å². The topological polar surface area (TPSA) is 54.8 Å². The number of aryl methyl sites for hydroxylation is 1. The van der Waals surface area contributed by atoms with Gasteiger partial charge < -0.3 is 14.1 Å². The van der Waals surface area contributed by atoms with Gasteiger partial charge in [-0.05, 0) is 51.0 Å². The molecule has 33 heavy (non-hydrogen) atoms. The Morgan fingerprint density at radius 3 is 2.67 bits per heavy atom. The average molecular weight is 443 g/mol. The number of ether oxygens (including phenoxy) is 1. The van der Waals surface area contributed by atoms with E-state index in [9.17, 15) is 4.79 Å². The zero-order valence-electron chi connectivity index (χ0n) is 19.9. The van der Waals surface area contributed by atoms with E-state index in [4.69, 9.17) is 9.15 Å². The molecule has 4 aliphatic rings. The standard InChI is InChI=1S/C28H30N2O3/c1-6-29-22-15-23-20(13-16(22)4)24(18-11-9-10-12-19(18)28(31)32-8-3)21-14-17(5)25-26(27(21)33-23)30(25)7-2/h9-15,17,25H,6-8H2,1-5H3. The Bertz CT molecular complexity index is 1420. The Kier molecular flexibility index (Phi) is 5.35. The molecule has 1 aromatic rings. The van der Waals surface area contributed by atoms with Gasteiger partial charge in [-0.2, -0.15) is 0 Å². The zero-order valence-corrected chi connectivity index (χ0v) is 19.9. The van der Waals surface area contributed by atoms with Gasteiger partial charge in [0.2, 0.25) is 0 Å². The van der Waals surface area contributed by atoms with Crippen LogP contribution in [-0.4, -0.2) is 36.6 Å². The van der Waals surface area contributed by atoms with E-state index in [0.717, 1.165) is 50.6 Å². The summed E-state index contributed by atoms with van der Waals surface area (Å²) in [5, 5.41) is 2.00. The maximum Gasteiger partial charge on any atom is 0.338 e. The van der Waals surface area contributed by atoms with Gasteiger partial charge in [0.1, 0.15) is 5.76 Å². The maximum absolute atomic E-state index is 12.9. The number of rotatable bonds is 5. The van der Waals surface area contributed by atoms with Crippen LogP contribution >= 0.6 is 0 Å². The average Bonchev–Trinajstić information content (AvgIpc) is 3.55. The predicted octanol–water partition coefficient (Wildman–Crippen LogP) is 3.70. The second-order valence-corrected chi connectivity index (χ2v) is 8.74. The quantitative estimate of drug-likeness (QED) is 0.447. The van der Waals surface area contributed by atoms with Crippen molar-refractivity contribution in [3.8, 4) is 22.5 Å². The summed E-state index contributed by atoms with van der Waals surface area (Å²) >= 11 is 0. The second-order valence-electron chi connectivity index (χ2n) is 8.74. The molecule has 2 atom stereocenters. The molecule has 0 radical (unpaired) electrons. The van der Waals surface area contributed by atoms with Crippen LogP contribution in [0, 0.1) is 12.8 Å². The zero-order chi connectivity index (χ0) is 23.3. The molecule has 2 heterocycles. The number of hydrogen-bond donors (Lipinski definition) is 0. The van der Waals surface area contributed by atoms with Crippen LogP contribution in [0.5, 0.6) is 0 Å². The molecule has 1 fully saturated rings. The Morgan fingerprint density at radius 1 is 1.15 bits per heavy atom. The van der Waals surface area contributed by atoms with Crippen LogP contribution in [0.2, 0.25) is 0 Å². The smallest absolute Gasteiger partial charge is 0.338 e. The highest BCUT2D eigenvalue weighted by Crippen LogP contribution is 2.42. The van der Waals surface area contributed by atoms with Gasteiger partial charge in [0, 0.05) is 41.4 Å². The molecule has 2 aliphatic heterocycles. The molecule has 5 heteroatoms. The number of likely N-dealkylation sites (N-methyl/N-ethyl adjacent to an activating group) is 1. The van der Waals surface area contributed by atoms with Gasteiger partial charge in [-0.15, -0.1) is 0 Å². The van der Waals surface area contributed by atoms with Gasteiger partial charge in [-0.25, -0.2) is 4.79 Å². The molecule has 0 saturated carbocycles. The summed E-state index contributed by atoms with van der Waals surface area (Å²) in [6.07, 6.45) is 2.30. The highest BCUT2D eigenvalue weighted by atomic mass is 16.5. The minimum atomic E-state index is -0.305. The fourth-order valence-electron chi connectivity index (χ4n) is 5.22. The fourth-order valence-corrected chi connectivity index (χ4v) is 5.22. The first-order valence-corrected chi connectivity index (χ1v) is 11.9. The van der Waals surface area contributed by atoms with Crippen LogP contribution in [0.4, 0.5) is 0 Å². The van der Waals surface area contributed by atoms with E-state index in [1.165, 1.54) is 5.70 Å². The fraction of sp³-hybridized carbons (Fsp3) is 0.357. The molecule has 0 aromatic heterocycles. The summed E-state index contributed by atoms with van der Waals surface area (Å²) in [5.41, 5.74) is 6.72. The summed E-state index contributed by atoms with van der Waals surface area (Å²) in [6, 6.07) is 12.3. The van der Waals surface area contributed by atoms with Gasteiger partial charge in [0.25, 0.3) is 0 Å². The molecule has 170 valence electrons. The van der Waals surface area contributed by atoms with Crippen molar-refractivity contribution in [2.24, 2.45) is 10.9 Å². The van der Waals surface area contributed by atoms with E-state index < -0.39 is 0 Å². The summed E-state index contributed by atoms with van der Waals surface area (Å²) in [6.45, 7) is 12.4. The largest absolute Gasteiger partial charge is 0.462 e. The van der Waals surface area contributed by atoms with Crippen molar-refractivity contribution >= 4 is 17.7 Å². The first-order chi connectivity index (χ1) is 16.0. The number of hydrogen-bond acceptors (Lipinski definition) is 5. The molecule has 0 spiro atoms. The molecule has 0 N–H and O–H groups in total. The highest BCUT2D eigenvalue weighted by Gasteiger charge is 2.46. The molecule has 0 amide bonds. The second kappa shape index (κ2) is 8.22. The summed E-state index contributed by atoms with van der Waals surface area (Å²) in [4.78, 5) is 20.0. The lowest BCUT2D eigenvalue weighted by Gasteiger charge is -2.18. The molecule has 2 aliphatic carbocycles. The minimum absolute atomic E-state index is 0.305. The van der Waals surface area contributed by atoms with Crippen molar-refractivity contribution in [2.45, 2.75) is 40.7 Å². The Labute approximate surface area is 194 Å². The van der Waals surface area contributed by atoms with Gasteiger partial charge >= 0.3 is 5.97 Å². The van der Waals surface area contributed by atoms with E-state index >= 15 is 0 Å². The van der Waals surface area contributed by atoms with Gasteiger partial charge in [-0.3, -0.25) is 4.99 Å². The van der Waals surface area contributed by atoms with Crippen molar-refractivity contribution < 1.29 is 13.9 Å². The van der Waals surface area contributed by atoms with Crippen LogP contribution in [-0.2, 0) is 4.74 Å². The van der Waals surface area contributed by atoms with Crippen molar-refractivity contribution in [3.05, 3.63) is 63.5 Å². The van der Waals surface area contributed by atoms with Crippen LogP contribution in [0.3, 0.4) is 0 Å². The van der Waals surface area contributed by atoms with Crippen LogP contribution < -0.4 is 16.0 Å². The minimum Gasteiger partial charge on any atom is -0.462 e. The van der Waals surface area contributed by atoms with E-state index in [1.54, 1.807) is 0 Å². The molecular formula is C28H30N2O3. The van der Waals surface area contributed by atoms with E-state index in [2.05, 4.69) is 42.8 Å². The first-order valence-electron chi connectivity index (χ1n) is 11.9. The Hall–Kier alpha value is -3.34. The SMILES string of the molecule is CCN=c1cc2oc3c(c(-c4ccccc4C(=O)OCC)c-2cc1C)=CC(C)C1C=3N1CC.